The van der Waals surface area contributed by atoms with E-state index >= 15 is 0 Å². The van der Waals surface area contributed by atoms with E-state index in [-0.39, 0.29) is 24.7 Å². The van der Waals surface area contributed by atoms with Crippen molar-refractivity contribution in [2.24, 2.45) is 5.92 Å². The molecule has 4 nitrogen and oxygen atoms in total. The van der Waals surface area contributed by atoms with Crippen molar-refractivity contribution >= 4 is 12.0 Å². The first-order valence-corrected chi connectivity index (χ1v) is 8.62. The average molecular weight is 334 g/mol. The Morgan fingerprint density at radius 2 is 2.21 bits per heavy atom. The molecule has 1 fully saturated rings. The van der Waals surface area contributed by atoms with Gasteiger partial charge in [-0.15, -0.1) is 0 Å². The van der Waals surface area contributed by atoms with Crippen LogP contribution in [0.1, 0.15) is 31.7 Å². The van der Waals surface area contributed by atoms with Crippen molar-refractivity contribution in [3.8, 4) is 0 Å². The van der Waals surface area contributed by atoms with E-state index in [0.717, 1.165) is 24.6 Å². The van der Waals surface area contributed by atoms with Crippen molar-refractivity contribution in [3.05, 3.63) is 41.7 Å². The lowest BCUT2D eigenvalue weighted by Crippen LogP contribution is -2.42. The molecule has 0 bridgehead atoms. The minimum absolute atomic E-state index is 0.144. The first-order valence-electron chi connectivity index (χ1n) is 8.62. The normalized spacial score (nSPS) is 18.0. The van der Waals surface area contributed by atoms with E-state index in [9.17, 15) is 14.3 Å². The van der Waals surface area contributed by atoms with Crippen LogP contribution in [-0.4, -0.2) is 48.2 Å². The van der Waals surface area contributed by atoms with Crippen molar-refractivity contribution in [3.63, 3.8) is 0 Å². The minimum atomic E-state index is -0.547. The second-order valence-corrected chi connectivity index (χ2v) is 6.60. The summed E-state index contributed by atoms with van der Waals surface area (Å²) in [4.78, 5) is 14.0. The number of halogens is 1. The molecule has 1 aromatic rings. The lowest BCUT2D eigenvalue weighted by Gasteiger charge is -2.31. The van der Waals surface area contributed by atoms with Crippen molar-refractivity contribution in [2.45, 2.75) is 32.3 Å². The molecule has 1 aliphatic heterocycles. The van der Waals surface area contributed by atoms with Gasteiger partial charge >= 0.3 is 0 Å². The standard InChI is InChI=1S/C19H27FN2O2/c1-15-8-10-22(11-9-15)14-18(23)13-21-19(24)7-3-5-16-4-2-6-17(20)12-16/h2-6,12,15,18,23H,7-11,13-14H2,1H3,(H,21,24)/b5-3+. The third-order valence-corrected chi connectivity index (χ3v) is 4.34. The van der Waals surface area contributed by atoms with Gasteiger partial charge in [0.1, 0.15) is 5.82 Å². The zero-order valence-corrected chi connectivity index (χ0v) is 14.2. The zero-order valence-electron chi connectivity index (χ0n) is 14.2. The molecule has 2 rings (SSSR count). The summed E-state index contributed by atoms with van der Waals surface area (Å²) in [5.74, 6) is 0.328. The minimum Gasteiger partial charge on any atom is -0.390 e. The lowest BCUT2D eigenvalue weighted by molar-refractivity contribution is -0.120. The van der Waals surface area contributed by atoms with Gasteiger partial charge in [-0.25, -0.2) is 4.39 Å². The summed E-state index contributed by atoms with van der Waals surface area (Å²) < 4.78 is 13.0. The molecule has 1 aromatic carbocycles. The number of aliphatic hydroxyl groups is 1. The van der Waals surface area contributed by atoms with Crippen molar-refractivity contribution in [1.29, 1.82) is 0 Å². The average Bonchev–Trinajstić information content (AvgIpc) is 2.55. The van der Waals surface area contributed by atoms with E-state index in [0.29, 0.717) is 6.54 Å². The van der Waals surface area contributed by atoms with Crippen LogP contribution in [0.25, 0.3) is 6.08 Å². The molecule has 1 saturated heterocycles. The van der Waals surface area contributed by atoms with Crippen LogP contribution >= 0.6 is 0 Å². The van der Waals surface area contributed by atoms with Crippen LogP contribution in [-0.2, 0) is 4.79 Å². The fraction of sp³-hybridized carbons (Fsp3) is 0.526. The van der Waals surface area contributed by atoms with E-state index in [4.69, 9.17) is 0 Å². The van der Waals surface area contributed by atoms with E-state index in [1.54, 1.807) is 24.3 Å². The van der Waals surface area contributed by atoms with E-state index in [1.165, 1.54) is 25.0 Å². The van der Waals surface area contributed by atoms with Gasteiger partial charge < -0.3 is 15.3 Å². The van der Waals surface area contributed by atoms with E-state index < -0.39 is 6.10 Å². The maximum absolute atomic E-state index is 13.0. The highest BCUT2D eigenvalue weighted by molar-refractivity contribution is 5.78. The Morgan fingerprint density at radius 3 is 2.92 bits per heavy atom. The largest absolute Gasteiger partial charge is 0.390 e. The van der Waals surface area contributed by atoms with Crippen LogP contribution in [0.5, 0.6) is 0 Å². The Bertz CT molecular complexity index is 554. The molecule has 0 spiro atoms. The number of hydrogen-bond donors (Lipinski definition) is 2. The number of aliphatic hydroxyl groups excluding tert-OH is 1. The number of carbonyl (C=O) groups excluding carboxylic acids is 1. The second kappa shape index (κ2) is 9.55. The maximum Gasteiger partial charge on any atom is 0.223 e. The Balaban J connectivity index is 1.63. The molecule has 5 heteroatoms. The molecular formula is C19H27FN2O2. The lowest BCUT2D eigenvalue weighted by atomic mass is 9.99. The van der Waals surface area contributed by atoms with Crippen LogP contribution in [0.2, 0.25) is 0 Å². The van der Waals surface area contributed by atoms with Gasteiger partial charge in [0.15, 0.2) is 0 Å². The number of β-amino-alcohol motifs (C(OH)–C–C–N with tert-alkyl or cyclic N) is 1. The highest BCUT2D eigenvalue weighted by Gasteiger charge is 2.18. The van der Waals surface area contributed by atoms with Crippen LogP contribution in [0.15, 0.2) is 30.3 Å². The number of hydrogen-bond acceptors (Lipinski definition) is 3. The third kappa shape index (κ3) is 6.81. The van der Waals surface area contributed by atoms with Gasteiger partial charge in [-0.1, -0.05) is 31.2 Å². The van der Waals surface area contributed by atoms with Gasteiger partial charge in [0.05, 0.1) is 6.10 Å². The number of rotatable bonds is 7. The van der Waals surface area contributed by atoms with Crippen molar-refractivity contribution < 1.29 is 14.3 Å². The predicted molar refractivity (Wildman–Crippen MR) is 93.9 cm³/mol. The number of piperidine rings is 1. The number of likely N-dealkylation sites (tertiary alicyclic amines) is 1. The van der Waals surface area contributed by atoms with Gasteiger partial charge in [-0.2, -0.15) is 0 Å². The van der Waals surface area contributed by atoms with Gasteiger partial charge in [0.2, 0.25) is 5.91 Å². The van der Waals surface area contributed by atoms with Gasteiger partial charge in [-0.3, -0.25) is 4.79 Å². The molecule has 24 heavy (non-hydrogen) atoms. The second-order valence-electron chi connectivity index (χ2n) is 6.60. The molecule has 1 amide bonds. The SMILES string of the molecule is CC1CCN(CC(O)CNC(=O)C/C=C/c2cccc(F)c2)CC1. The molecule has 1 heterocycles. The summed E-state index contributed by atoms with van der Waals surface area (Å²) >= 11 is 0. The van der Waals surface area contributed by atoms with Gasteiger partial charge in [-0.05, 0) is 49.5 Å². The maximum atomic E-state index is 13.0. The quantitative estimate of drug-likeness (QED) is 0.805. The van der Waals surface area contributed by atoms with Crippen molar-refractivity contribution in [1.82, 2.24) is 10.2 Å². The molecule has 2 N–H and O–H groups in total. The number of carbonyl (C=O) groups is 1. The topological polar surface area (TPSA) is 52.6 Å². The molecule has 0 aliphatic carbocycles. The van der Waals surface area contributed by atoms with Crippen LogP contribution in [0.4, 0.5) is 4.39 Å². The number of nitrogens with one attached hydrogen (secondary N) is 1. The van der Waals surface area contributed by atoms with Gasteiger partial charge in [0.25, 0.3) is 0 Å². The Morgan fingerprint density at radius 1 is 1.46 bits per heavy atom. The molecule has 1 atom stereocenters. The van der Waals surface area contributed by atoms with Crippen LogP contribution in [0.3, 0.4) is 0 Å². The molecular weight excluding hydrogens is 307 g/mol. The molecule has 0 saturated carbocycles. The summed E-state index contributed by atoms with van der Waals surface area (Å²) in [6, 6.07) is 6.21. The fourth-order valence-electron chi connectivity index (χ4n) is 2.82. The summed E-state index contributed by atoms with van der Waals surface area (Å²) in [5.41, 5.74) is 0.724. The molecule has 0 radical (unpaired) electrons. The van der Waals surface area contributed by atoms with E-state index in [1.807, 2.05) is 0 Å². The van der Waals surface area contributed by atoms with Crippen molar-refractivity contribution in [2.75, 3.05) is 26.2 Å². The summed E-state index contributed by atoms with van der Waals surface area (Å²) in [5, 5.41) is 12.8. The highest BCUT2D eigenvalue weighted by atomic mass is 19.1. The van der Waals surface area contributed by atoms with Gasteiger partial charge in [0, 0.05) is 19.5 Å². The molecule has 1 aliphatic rings. The Labute approximate surface area is 143 Å². The third-order valence-electron chi connectivity index (χ3n) is 4.34. The zero-order chi connectivity index (χ0) is 17.4. The number of amides is 1. The number of benzene rings is 1. The van der Waals surface area contributed by atoms with Crippen LogP contribution < -0.4 is 5.32 Å². The molecule has 132 valence electrons. The predicted octanol–water partition coefficient (Wildman–Crippen LogP) is 2.44. The Hall–Kier alpha value is -1.72. The monoisotopic (exact) mass is 334 g/mol. The highest BCUT2D eigenvalue weighted by Crippen LogP contribution is 2.15. The smallest absolute Gasteiger partial charge is 0.223 e. The summed E-state index contributed by atoms with van der Waals surface area (Å²) in [6.07, 6.45) is 5.42. The Kier molecular flexibility index (Phi) is 7.40. The molecule has 1 unspecified atom stereocenters. The number of nitrogens with zero attached hydrogens (tertiary/aromatic N) is 1. The first kappa shape index (κ1) is 18.6. The van der Waals surface area contributed by atoms with E-state index in [2.05, 4.69) is 17.1 Å². The summed E-state index contributed by atoms with van der Waals surface area (Å²) in [6.45, 7) is 5.15. The molecule has 0 aromatic heterocycles. The van der Waals surface area contributed by atoms with Crippen LogP contribution in [0, 0.1) is 11.7 Å². The summed E-state index contributed by atoms with van der Waals surface area (Å²) in [7, 11) is 0. The fourth-order valence-corrected chi connectivity index (χ4v) is 2.82. The first-order chi connectivity index (χ1) is 11.5.